The summed E-state index contributed by atoms with van der Waals surface area (Å²) in [6.07, 6.45) is 3.00. The fraction of sp³-hybridized carbons (Fsp3) is 0.571. The second-order valence-corrected chi connectivity index (χ2v) is 8.40. The van der Waals surface area contributed by atoms with E-state index in [9.17, 15) is 8.42 Å². The minimum absolute atomic E-state index is 0.00502. The molecule has 0 aromatic heterocycles. The van der Waals surface area contributed by atoms with E-state index in [0.717, 1.165) is 19.3 Å². The monoisotopic (exact) mass is 360 g/mol. The van der Waals surface area contributed by atoms with Crippen molar-refractivity contribution in [3.8, 4) is 0 Å². The van der Waals surface area contributed by atoms with E-state index in [-0.39, 0.29) is 16.6 Å². The Morgan fingerprint density at radius 1 is 1.30 bits per heavy atom. The molecule has 0 aliphatic heterocycles. The van der Waals surface area contributed by atoms with Gasteiger partial charge in [0.05, 0.1) is 5.69 Å². The van der Waals surface area contributed by atoms with Gasteiger partial charge in [0.2, 0.25) is 10.0 Å². The van der Waals surface area contributed by atoms with Crippen LogP contribution in [0.25, 0.3) is 0 Å². The van der Waals surface area contributed by atoms with Gasteiger partial charge in [-0.3, -0.25) is 0 Å². The molecule has 1 fully saturated rings. The first kappa shape index (κ1) is 15.8. The number of hydrogen-bond acceptors (Lipinski definition) is 3. The molecule has 0 amide bonds. The Morgan fingerprint density at radius 2 is 2.00 bits per heavy atom. The van der Waals surface area contributed by atoms with Gasteiger partial charge >= 0.3 is 0 Å². The molecule has 0 spiro atoms. The Morgan fingerprint density at radius 3 is 2.65 bits per heavy atom. The summed E-state index contributed by atoms with van der Waals surface area (Å²) in [4.78, 5) is 0.151. The zero-order valence-electron chi connectivity index (χ0n) is 11.8. The molecule has 3 N–H and O–H groups in total. The number of anilines is 1. The van der Waals surface area contributed by atoms with Crippen molar-refractivity contribution < 1.29 is 8.42 Å². The SMILES string of the molecule is CC1CCC(NS(=O)(=O)c2cc(Br)ccc2N)C(C)C1. The lowest BCUT2D eigenvalue weighted by atomic mass is 9.80. The number of nitrogens with two attached hydrogens (primary N) is 1. The van der Waals surface area contributed by atoms with Gasteiger partial charge in [-0.25, -0.2) is 13.1 Å². The topological polar surface area (TPSA) is 72.2 Å². The summed E-state index contributed by atoms with van der Waals surface area (Å²) in [6, 6.07) is 4.88. The number of rotatable bonds is 3. The van der Waals surface area contributed by atoms with Gasteiger partial charge in [0, 0.05) is 10.5 Å². The molecule has 3 unspecified atom stereocenters. The fourth-order valence-electron chi connectivity index (χ4n) is 2.84. The van der Waals surface area contributed by atoms with Gasteiger partial charge in [0.15, 0.2) is 0 Å². The maximum atomic E-state index is 12.5. The van der Waals surface area contributed by atoms with Crippen molar-refractivity contribution in [1.82, 2.24) is 4.72 Å². The molecule has 1 saturated carbocycles. The molecule has 1 aromatic carbocycles. The molecule has 20 heavy (non-hydrogen) atoms. The lowest BCUT2D eigenvalue weighted by Crippen LogP contribution is -2.42. The quantitative estimate of drug-likeness (QED) is 0.813. The molecule has 2 rings (SSSR count). The summed E-state index contributed by atoms with van der Waals surface area (Å²) in [5.41, 5.74) is 6.07. The predicted octanol–water partition coefficient (Wildman–Crippen LogP) is 3.13. The van der Waals surface area contributed by atoms with Crippen LogP contribution in [0.15, 0.2) is 27.6 Å². The third kappa shape index (κ3) is 3.54. The zero-order valence-corrected chi connectivity index (χ0v) is 14.2. The Hall–Kier alpha value is -0.590. The zero-order chi connectivity index (χ0) is 14.9. The van der Waals surface area contributed by atoms with Gasteiger partial charge in [-0.2, -0.15) is 0 Å². The molecule has 4 nitrogen and oxygen atoms in total. The van der Waals surface area contributed by atoms with Gasteiger partial charge in [-0.1, -0.05) is 29.8 Å². The lowest BCUT2D eigenvalue weighted by molar-refractivity contribution is 0.249. The molecule has 0 heterocycles. The van der Waals surface area contributed by atoms with Crippen LogP contribution in [0.3, 0.4) is 0 Å². The first-order valence-corrected chi connectivity index (χ1v) is 9.14. The van der Waals surface area contributed by atoms with Crippen molar-refractivity contribution in [2.24, 2.45) is 11.8 Å². The highest BCUT2D eigenvalue weighted by Crippen LogP contribution is 2.30. The van der Waals surface area contributed by atoms with Crippen LogP contribution in [-0.4, -0.2) is 14.5 Å². The average molecular weight is 361 g/mol. The minimum atomic E-state index is -3.57. The number of benzene rings is 1. The second-order valence-electron chi connectivity index (χ2n) is 5.81. The largest absolute Gasteiger partial charge is 0.398 e. The number of hydrogen-bond donors (Lipinski definition) is 2. The highest BCUT2D eigenvalue weighted by molar-refractivity contribution is 9.10. The maximum absolute atomic E-state index is 12.5. The number of nitrogens with one attached hydrogen (secondary N) is 1. The van der Waals surface area contributed by atoms with E-state index in [4.69, 9.17) is 5.73 Å². The molecule has 0 saturated heterocycles. The van der Waals surface area contributed by atoms with E-state index in [2.05, 4.69) is 34.5 Å². The van der Waals surface area contributed by atoms with Crippen molar-refractivity contribution in [3.05, 3.63) is 22.7 Å². The second kappa shape index (κ2) is 6.03. The smallest absolute Gasteiger partial charge is 0.242 e. The highest BCUT2D eigenvalue weighted by atomic mass is 79.9. The van der Waals surface area contributed by atoms with Gasteiger partial charge in [-0.05, 0) is 49.3 Å². The summed E-state index contributed by atoms with van der Waals surface area (Å²) >= 11 is 3.29. The maximum Gasteiger partial charge on any atom is 0.242 e. The van der Waals surface area contributed by atoms with Crippen molar-refractivity contribution in [2.45, 2.75) is 44.0 Å². The minimum Gasteiger partial charge on any atom is -0.398 e. The molecule has 1 aromatic rings. The van der Waals surface area contributed by atoms with Crippen LogP contribution in [-0.2, 0) is 10.0 Å². The van der Waals surface area contributed by atoms with Crippen LogP contribution in [0.1, 0.15) is 33.1 Å². The van der Waals surface area contributed by atoms with Crippen LogP contribution in [0.4, 0.5) is 5.69 Å². The van der Waals surface area contributed by atoms with Crippen LogP contribution in [0.2, 0.25) is 0 Å². The molecule has 1 aliphatic rings. The van der Waals surface area contributed by atoms with Crippen molar-refractivity contribution in [2.75, 3.05) is 5.73 Å². The Bertz CT molecular complexity index is 589. The molecule has 6 heteroatoms. The van der Waals surface area contributed by atoms with E-state index in [1.54, 1.807) is 18.2 Å². The van der Waals surface area contributed by atoms with E-state index in [1.807, 2.05) is 0 Å². The summed E-state index contributed by atoms with van der Waals surface area (Å²) in [5, 5.41) is 0. The number of nitrogen functional groups attached to an aromatic ring is 1. The molecular weight excluding hydrogens is 340 g/mol. The van der Waals surface area contributed by atoms with Crippen LogP contribution in [0, 0.1) is 11.8 Å². The number of halogens is 1. The first-order chi connectivity index (χ1) is 9.29. The average Bonchev–Trinajstić information content (AvgIpc) is 2.35. The molecular formula is C14H21BrN2O2S. The van der Waals surface area contributed by atoms with E-state index >= 15 is 0 Å². The van der Waals surface area contributed by atoms with Gasteiger partial charge < -0.3 is 5.73 Å². The van der Waals surface area contributed by atoms with Crippen molar-refractivity contribution in [3.63, 3.8) is 0 Å². The Balaban J connectivity index is 2.21. The first-order valence-electron chi connectivity index (χ1n) is 6.87. The third-order valence-electron chi connectivity index (χ3n) is 4.00. The lowest BCUT2D eigenvalue weighted by Gasteiger charge is -2.33. The van der Waals surface area contributed by atoms with Crippen LogP contribution in [0.5, 0.6) is 0 Å². The van der Waals surface area contributed by atoms with Crippen LogP contribution >= 0.6 is 15.9 Å². The Labute approximate surface area is 129 Å². The number of sulfonamides is 1. The summed E-state index contributed by atoms with van der Waals surface area (Å²) in [7, 11) is -3.57. The van der Waals surface area contributed by atoms with E-state index < -0.39 is 10.0 Å². The van der Waals surface area contributed by atoms with E-state index in [1.165, 1.54) is 0 Å². The van der Waals surface area contributed by atoms with E-state index in [0.29, 0.717) is 16.3 Å². The summed E-state index contributed by atoms with van der Waals surface area (Å²) < 4.78 is 28.5. The third-order valence-corrected chi connectivity index (χ3v) is 6.04. The molecule has 3 atom stereocenters. The Kier molecular flexibility index (Phi) is 4.76. The summed E-state index contributed by atoms with van der Waals surface area (Å²) in [6.45, 7) is 4.32. The molecule has 0 bridgehead atoms. The van der Waals surface area contributed by atoms with Gasteiger partial charge in [0.25, 0.3) is 0 Å². The predicted molar refractivity (Wildman–Crippen MR) is 84.8 cm³/mol. The normalized spacial score (nSPS) is 27.4. The summed E-state index contributed by atoms with van der Waals surface area (Å²) in [5.74, 6) is 1.02. The van der Waals surface area contributed by atoms with Gasteiger partial charge in [0.1, 0.15) is 4.90 Å². The van der Waals surface area contributed by atoms with Crippen molar-refractivity contribution >= 4 is 31.6 Å². The van der Waals surface area contributed by atoms with Crippen LogP contribution < -0.4 is 10.5 Å². The molecule has 112 valence electrons. The standard InChI is InChI=1S/C14H21BrN2O2S/c1-9-3-6-13(10(2)7-9)17-20(18,19)14-8-11(15)4-5-12(14)16/h4-5,8-10,13,17H,3,6-7,16H2,1-2H3. The fourth-order valence-corrected chi connectivity index (χ4v) is 4.89. The van der Waals surface area contributed by atoms with Crippen molar-refractivity contribution in [1.29, 1.82) is 0 Å². The highest BCUT2D eigenvalue weighted by Gasteiger charge is 2.30. The molecule has 1 aliphatic carbocycles. The van der Waals surface area contributed by atoms with Gasteiger partial charge in [-0.15, -0.1) is 0 Å². The molecule has 0 radical (unpaired) electrons.